The monoisotopic (exact) mass is 425 g/mol. The van der Waals surface area contributed by atoms with Gasteiger partial charge in [0.25, 0.3) is 0 Å². The van der Waals surface area contributed by atoms with E-state index < -0.39 is 17.8 Å². The molecule has 0 radical (unpaired) electrons. The van der Waals surface area contributed by atoms with E-state index in [4.69, 9.17) is 0 Å². The van der Waals surface area contributed by atoms with Gasteiger partial charge in [0.05, 0.1) is 23.5 Å². The van der Waals surface area contributed by atoms with Crippen molar-refractivity contribution in [3.05, 3.63) is 72.2 Å². The second-order valence-electron chi connectivity index (χ2n) is 7.08. The van der Waals surface area contributed by atoms with Gasteiger partial charge in [-0.05, 0) is 48.4 Å². The molecule has 2 heterocycles. The first-order valence-corrected chi connectivity index (χ1v) is 9.34. The van der Waals surface area contributed by atoms with Gasteiger partial charge < -0.3 is 10.6 Å². The number of hydrogen-bond donors (Lipinski definition) is 2. The first-order valence-electron chi connectivity index (χ1n) is 9.34. The Balaban J connectivity index is 1.58. The molecule has 0 unspecified atom stereocenters. The Bertz CT molecular complexity index is 1280. The van der Waals surface area contributed by atoms with Gasteiger partial charge in [-0.3, -0.25) is 9.67 Å². The van der Waals surface area contributed by atoms with Crippen LogP contribution in [0.2, 0.25) is 0 Å². The number of anilines is 2. The van der Waals surface area contributed by atoms with E-state index in [1.54, 1.807) is 35.4 Å². The molecule has 6 nitrogen and oxygen atoms in total. The number of pyridine rings is 1. The molecular weight excluding hydrogens is 407 g/mol. The summed E-state index contributed by atoms with van der Waals surface area (Å²) >= 11 is 0. The maximum absolute atomic E-state index is 12.9. The zero-order valence-corrected chi connectivity index (χ0v) is 16.7. The third-order valence-electron chi connectivity index (χ3n) is 4.91. The molecule has 0 aliphatic heterocycles. The van der Waals surface area contributed by atoms with Crippen molar-refractivity contribution in [2.75, 3.05) is 10.6 Å². The fraction of sp³-hybridized carbons (Fsp3) is 0.136. The van der Waals surface area contributed by atoms with Gasteiger partial charge in [0.1, 0.15) is 0 Å². The van der Waals surface area contributed by atoms with Crippen LogP contribution in [-0.4, -0.2) is 20.8 Å². The van der Waals surface area contributed by atoms with E-state index in [1.807, 2.05) is 20.0 Å². The largest absolute Gasteiger partial charge is 0.416 e. The second kappa shape index (κ2) is 7.75. The lowest BCUT2D eigenvalue weighted by Gasteiger charge is -2.13. The van der Waals surface area contributed by atoms with Gasteiger partial charge in [-0.15, -0.1) is 0 Å². The number of urea groups is 1. The summed E-state index contributed by atoms with van der Waals surface area (Å²) < 4.78 is 40.3. The van der Waals surface area contributed by atoms with Gasteiger partial charge >= 0.3 is 12.2 Å². The molecule has 0 fully saturated rings. The van der Waals surface area contributed by atoms with Crippen molar-refractivity contribution < 1.29 is 18.0 Å². The number of amides is 2. The molecule has 0 saturated heterocycles. The van der Waals surface area contributed by atoms with Crippen LogP contribution < -0.4 is 10.6 Å². The third kappa shape index (κ3) is 4.20. The predicted molar refractivity (Wildman–Crippen MR) is 113 cm³/mol. The molecule has 2 aromatic heterocycles. The van der Waals surface area contributed by atoms with E-state index in [-0.39, 0.29) is 5.69 Å². The predicted octanol–water partition coefficient (Wildman–Crippen LogP) is 5.61. The van der Waals surface area contributed by atoms with Gasteiger partial charge in [-0.1, -0.05) is 12.1 Å². The highest BCUT2D eigenvalue weighted by atomic mass is 19.4. The van der Waals surface area contributed by atoms with Crippen molar-refractivity contribution >= 4 is 28.3 Å². The summed E-state index contributed by atoms with van der Waals surface area (Å²) in [4.78, 5) is 16.6. The molecule has 9 heteroatoms. The molecule has 2 amide bonds. The summed E-state index contributed by atoms with van der Waals surface area (Å²) in [6, 6.07) is 9.19. The molecule has 31 heavy (non-hydrogen) atoms. The molecule has 4 rings (SSSR count). The van der Waals surface area contributed by atoms with Crippen molar-refractivity contribution in [3.8, 4) is 11.1 Å². The van der Waals surface area contributed by atoms with Crippen LogP contribution in [0.3, 0.4) is 0 Å². The average Bonchev–Trinajstić information content (AvgIpc) is 3.10. The van der Waals surface area contributed by atoms with Crippen LogP contribution in [0.4, 0.5) is 29.3 Å². The highest BCUT2D eigenvalue weighted by molar-refractivity contribution is 6.01. The first-order chi connectivity index (χ1) is 14.7. The van der Waals surface area contributed by atoms with E-state index in [1.165, 1.54) is 12.1 Å². The molecule has 4 aromatic rings. The van der Waals surface area contributed by atoms with Crippen molar-refractivity contribution in [1.82, 2.24) is 14.8 Å². The molecule has 2 aromatic carbocycles. The van der Waals surface area contributed by atoms with Gasteiger partial charge in [0.15, 0.2) is 0 Å². The van der Waals surface area contributed by atoms with Gasteiger partial charge in [-0.2, -0.15) is 18.3 Å². The number of aromatic nitrogens is 3. The summed E-state index contributed by atoms with van der Waals surface area (Å²) in [7, 11) is 1.83. The number of benzene rings is 2. The summed E-state index contributed by atoms with van der Waals surface area (Å²) in [5, 5.41) is 10.3. The van der Waals surface area contributed by atoms with Crippen LogP contribution in [0.25, 0.3) is 22.0 Å². The molecule has 2 N–H and O–H groups in total. The molecule has 0 bridgehead atoms. The number of halogens is 3. The Morgan fingerprint density at radius 1 is 0.968 bits per heavy atom. The maximum Gasteiger partial charge on any atom is 0.416 e. The fourth-order valence-electron chi connectivity index (χ4n) is 3.33. The maximum atomic E-state index is 12.9. The van der Waals surface area contributed by atoms with Crippen LogP contribution in [0.5, 0.6) is 0 Å². The molecule has 0 atom stereocenters. The number of fused-ring (bicyclic) bond motifs is 1. The van der Waals surface area contributed by atoms with E-state index in [0.29, 0.717) is 5.69 Å². The molecule has 0 aliphatic rings. The summed E-state index contributed by atoms with van der Waals surface area (Å²) in [5.41, 5.74) is 3.28. The molecular formula is C22H18F3N5O. The zero-order chi connectivity index (χ0) is 22.2. The van der Waals surface area contributed by atoms with Crippen LogP contribution in [0, 0.1) is 6.92 Å². The van der Waals surface area contributed by atoms with Crippen molar-refractivity contribution in [2.24, 2.45) is 7.05 Å². The number of hydrogen-bond acceptors (Lipinski definition) is 3. The Kier molecular flexibility index (Phi) is 5.10. The van der Waals surface area contributed by atoms with E-state index in [2.05, 4.69) is 20.7 Å². The third-order valence-corrected chi connectivity index (χ3v) is 4.91. The SMILES string of the molecule is Cc1ccc(NC(=O)Nc2cccc(C(F)(F)F)c2)cc1-c1cncc2c1cnn2C. The van der Waals surface area contributed by atoms with Gasteiger partial charge in [0, 0.05) is 35.6 Å². The van der Waals surface area contributed by atoms with Crippen LogP contribution in [0.1, 0.15) is 11.1 Å². The average molecular weight is 425 g/mol. The number of alkyl halides is 3. The van der Waals surface area contributed by atoms with Crippen molar-refractivity contribution in [2.45, 2.75) is 13.1 Å². The topological polar surface area (TPSA) is 71.8 Å². The lowest BCUT2D eigenvalue weighted by atomic mass is 9.99. The summed E-state index contributed by atoms with van der Waals surface area (Å²) in [5.74, 6) is 0. The second-order valence-corrected chi connectivity index (χ2v) is 7.08. The number of carbonyl (C=O) groups excluding carboxylic acids is 1. The number of nitrogens with one attached hydrogen (secondary N) is 2. The number of rotatable bonds is 3. The van der Waals surface area contributed by atoms with Gasteiger partial charge in [-0.25, -0.2) is 4.79 Å². The van der Waals surface area contributed by atoms with Crippen molar-refractivity contribution in [1.29, 1.82) is 0 Å². The fourth-order valence-corrected chi connectivity index (χ4v) is 3.33. The lowest BCUT2D eigenvalue weighted by Crippen LogP contribution is -2.19. The van der Waals surface area contributed by atoms with E-state index in [0.717, 1.165) is 39.7 Å². The Hall–Kier alpha value is -3.88. The molecule has 0 spiro atoms. The van der Waals surface area contributed by atoms with Crippen LogP contribution in [-0.2, 0) is 13.2 Å². The number of aryl methyl sites for hydroxylation is 2. The standard InChI is InChI=1S/C22H18F3N5O/c1-13-6-7-16(9-17(13)18-10-26-12-20-19(18)11-27-30(20)2)29-21(31)28-15-5-3-4-14(8-15)22(23,24)25/h3-12H,1-2H3,(H2,28,29,31). The minimum absolute atomic E-state index is 0.0454. The van der Waals surface area contributed by atoms with E-state index in [9.17, 15) is 18.0 Å². The van der Waals surface area contributed by atoms with Crippen LogP contribution in [0.15, 0.2) is 61.1 Å². The molecule has 158 valence electrons. The molecule has 0 saturated carbocycles. The Morgan fingerprint density at radius 2 is 1.71 bits per heavy atom. The normalized spacial score (nSPS) is 11.5. The highest BCUT2D eigenvalue weighted by Gasteiger charge is 2.30. The van der Waals surface area contributed by atoms with Crippen LogP contribution >= 0.6 is 0 Å². The zero-order valence-electron chi connectivity index (χ0n) is 16.7. The summed E-state index contributed by atoms with van der Waals surface area (Å²) in [6.07, 6.45) is 0.734. The number of carbonyl (C=O) groups is 1. The Labute approximate surface area is 175 Å². The van der Waals surface area contributed by atoms with Gasteiger partial charge in [0.2, 0.25) is 0 Å². The minimum atomic E-state index is -4.48. The molecule has 0 aliphatic carbocycles. The lowest BCUT2D eigenvalue weighted by molar-refractivity contribution is -0.137. The number of nitrogens with zero attached hydrogens (tertiary/aromatic N) is 3. The Morgan fingerprint density at radius 3 is 2.45 bits per heavy atom. The first kappa shape index (κ1) is 20.4. The quantitative estimate of drug-likeness (QED) is 0.448. The smallest absolute Gasteiger partial charge is 0.308 e. The minimum Gasteiger partial charge on any atom is -0.308 e. The van der Waals surface area contributed by atoms with E-state index >= 15 is 0 Å². The highest BCUT2D eigenvalue weighted by Crippen LogP contribution is 2.32. The van der Waals surface area contributed by atoms with Crippen molar-refractivity contribution in [3.63, 3.8) is 0 Å². The summed E-state index contributed by atoms with van der Waals surface area (Å²) in [6.45, 7) is 1.94.